The van der Waals surface area contributed by atoms with Gasteiger partial charge in [-0.25, -0.2) is 4.98 Å². The Morgan fingerprint density at radius 3 is 2.57 bits per heavy atom. The number of imidazole rings is 1. The monoisotopic (exact) mass is 469 g/mol. The molecule has 1 aromatic heterocycles. The van der Waals surface area contributed by atoms with E-state index in [-0.39, 0.29) is 18.4 Å². The molecule has 2 unspecified atom stereocenters. The Balaban J connectivity index is 1.37. The standard InChI is InChI=1S/C29H31N3O3/c1-19-8-11-23(12-9-19)31-16-22(15-28(31)34)29-30-26-6-4-5-7-27(26)32(29)17-24(33)18-35-25-13-10-20(2)21(3)14-25/h4-14,22,24,33H,15-18H2,1-3H3. The predicted molar refractivity (Wildman–Crippen MR) is 138 cm³/mol. The maximum atomic E-state index is 12.9. The second-order valence-electron chi connectivity index (χ2n) is 9.52. The lowest BCUT2D eigenvalue weighted by atomic mass is 10.1. The van der Waals surface area contributed by atoms with Gasteiger partial charge < -0.3 is 19.3 Å². The Kier molecular flexibility index (Phi) is 6.31. The fourth-order valence-corrected chi connectivity index (χ4v) is 4.71. The normalized spacial score (nSPS) is 16.7. The largest absolute Gasteiger partial charge is 0.491 e. The van der Waals surface area contributed by atoms with Crippen LogP contribution in [0.4, 0.5) is 5.69 Å². The third kappa shape index (κ3) is 4.80. The predicted octanol–water partition coefficient (Wildman–Crippen LogP) is 4.92. The van der Waals surface area contributed by atoms with Gasteiger partial charge in [-0.3, -0.25) is 4.79 Å². The molecule has 35 heavy (non-hydrogen) atoms. The minimum absolute atomic E-state index is 0.0518. The molecule has 6 heteroatoms. The van der Waals surface area contributed by atoms with Crippen LogP contribution in [0.2, 0.25) is 0 Å². The molecule has 2 heterocycles. The fraction of sp³-hybridized carbons (Fsp3) is 0.310. The summed E-state index contributed by atoms with van der Waals surface area (Å²) in [6.07, 6.45) is -0.329. The van der Waals surface area contributed by atoms with Crippen molar-refractivity contribution in [2.45, 2.75) is 45.8 Å². The number of fused-ring (bicyclic) bond motifs is 1. The first-order valence-corrected chi connectivity index (χ1v) is 12.1. The summed E-state index contributed by atoms with van der Waals surface area (Å²) >= 11 is 0. The molecule has 3 aromatic carbocycles. The van der Waals surface area contributed by atoms with Crippen molar-refractivity contribution >= 4 is 22.6 Å². The molecule has 5 rings (SSSR count). The molecule has 0 aliphatic carbocycles. The van der Waals surface area contributed by atoms with Crippen molar-refractivity contribution < 1.29 is 14.6 Å². The van der Waals surface area contributed by atoms with Crippen molar-refractivity contribution in [3.8, 4) is 5.75 Å². The molecule has 1 N–H and O–H groups in total. The molecule has 1 fully saturated rings. The Morgan fingerprint density at radius 1 is 1.03 bits per heavy atom. The van der Waals surface area contributed by atoms with E-state index in [0.29, 0.717) is 19.5 Å². The summed E-state index contributed by atoms with van der Waals surface area (Å²) in [7, 11) is 0. The highest BCUT2D eigenvalue weighted by Crippen LogP contribution is 2.33. The number of ether oxygens (including phenoxy) is 1. The Labute approximate surface area is 205 Å². The summed E-state index contributed by atoms with van der Waals surface area (Å²) in [5.41, 5.74) is 6.26. The third-order valence-corrected chi connectivity index (χ3v) is 6.83. The number of hydrogen-bond acceptors (Lipinski definition) is 4. The van der Waals surface area contributed by atoms with Crippen molar-refractivity contribution in [3.05, 3.63) is 89.2 Å². The molecule has 0 radical (unpaired) electrons. The Morgan fingerprint density at radius 2 is 1.80 bits per heavy atom. The van der Waals surface area contributed by atoms with Crippen LogP contribution < -0.4 is 9.64 Å². The number of aliphatic hydroxyl groups excluding tert-OH is 1. The third-order valence-electron chi connectivity index (χ3n) is 6.83. The smallest absolute Gasteiger partial charge is 0.227 e. The van der Waals surface area contributed by atoms with Gasteiger partial charge in [0.25, 0.3) is 0 Å². The van der Waals surface area contributed by atoms with Gasteiger partial charge in [-0.05, 0) is 68.3 Å². The second-order valence-corrected chi connectivity index (χ2v) is 9.52. The fourth-order valence-electron chi connectivity index (χ4n) is 4.71. The molecule has 1 aliphatic rings. The van der Waals surface area contributed by atoms with Gasteiger partial charge in [-0.2, -0.15) is 0 Å². The molecule has 4 aromatic rings. The van der Waals surface area contributed by atoms with Crippen LogP contribution in [0.25, 0.3) is 11.0 Å². The van der Waals surface area contributed by atoms with Crippen molar-refractivity contribution in [1.29, 1.82) is 0 Å². The summed E-state index contributed by atoms with van der Waals surface area (Å²) in [5.74, 6) is 1.62. The van der Waals surface area contributed by atoms with Crippen molar-refractivity contribution in [3.63, 3.8) is 0 Å². The zero-order chi connectivity index (χ0) is 24.5. The van der Waals surface area contributed by atoms with E-state index in [1.807, 2.05) is 85.5 Å². The summed E-state index contributed by atoms with van der Waals surface area (Å²) < 4.78 is 7.94. The van der Waals surface area contributed by atoms with Gasteiger partial charge in [0, 0.05) is 24.6 Å². The van der Waals surface area contributed by atoms with Crippen molar-refractivity contribution in [1.82, 2.24) is 9.55 Å². The van der Waals surface area contributed by atoms with Gasteiger partial charge >= 0.3 is 0 Å². The maximum Gasteiger partial charge on any atom is 0.227 e. The highest BCUT2D eigenvalue weighted by molar-refractivity contribution is 5.96. The maximum absolute atomic E-state index is 12.9. The molecule has 0 bridgehead atoms. The van der Waals surface area contributed by atoms with E-state index in [0.717, 1.165) is 39.4 Å². The number of para-hydroxylation sites is 2. The number of aliphatic hydroxyl groups is 1. The average Bonchev–Trinajstić information content (AvgIpc) is 3.41. The van der Waals surface area contributed by atoms with Gasteiger partial charge in [-0.1, -0.05) is 35.9 Å². The highest BCUT2D eigenvalue weighted by atomic mass is 16.5. The minimum Gasteiger partial charge on any atom is -0.491 e. The first-order valence-electron chi connectivity index (χ1n) is 12.1. The van der Waals surface area contributed by atoms with Crippen LogP contribution >= 0.6 is 0 Å². The number of anilines is 1. The molecule has 2 atom stereocenters. The van der Waals surface area contributed by atoms with Gasteiger partial charge in [0.2, 0.25) is 5.91 Å². The van der Waals surface area contributed by atoms with E-state index >= 15 is 0 Å². The lowest BCUT2D eigenvalue weighted by Gasteiger charge is -2.19. The average molecular weight is 470 g/mol. The molecular weight excluding hydrogens is 438 g/mol. The molecule has 1 amide bonds. The summed E-state index contributed by atoms with van der Waals surface area (Å²) in [6.45, 7) is 7.23. The first-order chi connectivity index (χ1) is 16.9. The molecule has 0 saturated carbocycles. The van der Waals surface area contributed by atoms with Crippen LogP contribution in [0, 0.1) is 20.8 Å². The van der Waals surface area contributed by atoms with E-state index in [1.165, 1.54) is 5.56 Å². The van der Waals surface area contributed by atoms with E-state index in [1.54, 1.807) is 0 Å². The number of carbonyl (C=O) groups is 1. The summed E-state index contributed by atoms with van der Waals surface area (Å²) in [5, 5.41) is 10.9. The van der Waals surface area contributed by atoms with E-state index in [4.69, 9.17) is 9.72 Å². The molecule has 6 nitrogen and oxygen atoms in total. The number of hydrogen-bond donors (Lipinski definition) is 1. The Bertz CT molecular complexity index is 1360. The summed E-state index contributed by atoms with van der Waals surface area (Å²) in [6, 6.07) is 21.9. The van der Waals surface area contributed by atoms with Crippen molar-refractivity contribution in [2.24, 2.45) is 0 Å². The molecular formula is C29H31N3O3. The van der Waals surface area contributed by atoms with Gasteiger partial charge in [-0.15, -0.1) is 0 Å². The molecule has 0 spiro atoms. The molecule has 180 valence electrons. The van der Waals surface area contributed by atoms with Gasteiger partial charge in [0.15, 0.2) is 0 Å². The zero-order valence-corrected chi connectivity index (χ0v) is 20.4. The Hall–Kier alpha value is -3.64. The summed E-state index contributed by atoms with van der Waals surface area (Å²) in [4.78, 5) is 19.7. The topological polar surface area (TPSA) is 67.6 Å². The number of rotatable bonds is 7. The number of amides is 1. The number of aromatic nitrogens is 2. The van der Waals surface area contributed by atoms with Gasteiger partial charge in [0.1, 0.15) is 24.3 Å². The van der Waals surface area contributed by atoms with Crippen LogP contribution in [0.1, 0.15) is 34.9 Å². The lowest BCUT2D eigenvalue weighted by molar-refractivity contribution is -0.117. The number of aryl methyl sites for hydroxylation is 3. The number of benzene rings is 3. The van der Waals surface area contributed by atoms with E-state index < -0.39 is 6.10 Å². The first kappa shape index (κ1) is 23.1. The molecule has 1 saturated heterocycles. The lowest BCUT2D eigenvalue weighted by Crippen LogP contribution is -2.26. The second kappa shape index (κ2) is 9.55. The van der Waals surface area contributed by atoms with Crippen molar-refractivity contribution in [2.75, 3.05) is 18.1 Å². The van der Waals surface area contributed by atoms with Crippen LogP contribution in [0.15, 0.2) is 66.7 Å². The van der Waals surface area contributed by atoms with Crippen LogP contribution in [0.5, 0.6) is 5.75 Å². The van der Waals surface area contributed by atoms with Gasteiger partial charge in [0.05, 0.1) is 17.6 Å². The quantitative estimate of drug-likeness (QED) is 0.417. The van der Waals surface area contributed by atoms with Crippen LogP contribution in [-0.2, 0) is 11.3 Å². The SMILES string of the molecule is Cc1ccc(N2CC(c3nc4ccccc4n3CC(O)COc3ccc(C)c(C)c3)CC2=O)cc1. The van der Waals surface area contributed by atoms with E-state index in [2.05, 4.69) is 11.5 Å². The number of carbonyl (C=O) groups excluding carboxylic acids is 1. The van der Waals surface area contributed by atoms with E-state index in [9.17, 15) is 9.90 Å². The van der Waals surface area contributed by atoms with Crippen LogP contribution in [-0.4, -0.2) is 39.8 Å². The molecule has 1 aliphatic heterocycles. The minimum atomic E-state index is -0.724. The highest BCUT2D eigenvalue weighted by Gasteiger charge is 2.35. The number of nitrogens with zero attached hydrogens (tertiary/aromatic N) is 3. The van der Waals surface area contributed by atoms with Crippen LogP contribution in [0.3, 0.4) is 0 Å². The zero-order valence-electron chi connectivity index (χ0n) is 20.4.